The third kappa shape index (κ3) is 3.87. The fourth-order valence-corrected chi connectivity index (χ4v) is 1.79. The molecule has 0 radical (unpaired) electrons. The van der Waals surface area contributed by atoms with Crippen LogP contribution in [0.15, 0.2) is 48.3 Å². The van der Waals surface area contributed by atoms with Crippen LogP contribution in [0.25, 0.3) is 0 Å². The van der Waals surface area contributed by atoms with E-state index in [0.29, 0.717) is 0 Å². The molecular formula is C16H26BNO2. The van der Waals surface area contributed by atoms with E-state index in [-0.39, 0.29) is 18.3 Å². The van der Waals surface area contributed by atoms with Crippen LogP contribution in [0.5, 0.6) is 0 Å². The zero-order valence-electron chi connectivity index (χ0n) is 13.5. The van der Waals surface area contributed by atoms with Crippen LogP contribution >= 0.6 is 0 Å². The van der Waals surface area contributed by atoms with Gasteiger partial charge >= 0.3 is 7.12 Å². The molecule has 0 atom stereocenters. The van der Waals surface area contributed by atoms with E-state index in [2.05, 4.69) is 39.6 Å². The summed E-state index contributed by atoms with van der Waals surface area (Å²) in [4.78, 5) is 0. The van der Waals surface area contributed by atoms with E-state index < -0.39 is 0 Å². The molecule has 20 heavy (non-hydrogen) atoms. The molecule has 1 N–H and O–H groups in total. The first-order chi connectivity index (χ1) is 9.23. The van der Waals surface area contributed by atoms with Crippen LogP contribution in [0.3, 0.4) is 0 Å². The summed E-state index contributed by atoms with van der Waals surface area (Å²) < 4.78 is 12.1. The van der Waals surface area contributed by atoms with Gasteiger partial charge in [0.1, 0.15) is 0 Å². The monoisotopic (exact) mass is 275 g/mol. The molecule has 0 aromatic carbocycles. The van der Waals surface area contributed by atoms with E-state index in [1.165, 1.54) is 0 Å². The van der Waals surface area contributed by atoms with Gasteiger partial charge in [-0.3, -0.25) is 0 Å². The van der Waals surface area contributed by atoms with Crippen LogP contribution in [0.2, 0.25) is 0 Å². The van der Waals surface area contributed by atoms with Crippen LogP contribution in [0.4, 0.5) is 0 Å². The Labute approximate surface area is 123 Å². The highest BCUT2D eigenvalue weighted by molar-refractivity contribution is 6.54. The molecule has 0 amide bonds. The molecule has 1 aliphatic heterocycles. The van der Waals surface area contributed by atoms with E-state index in [4.69, 9.17) is 9.31 Å². The lowest BCUT2D eigenvalue weighted by Crippen LogP contribution is -2.41. The van der Waals surface area contributed by atoms with Crippen molar-refractivity contribution < 1.29 is 9.31 Å². The summed E-state index contributed by atoms with van der Waals surface area (Å²) in [7, 11) is -0.364. The maximum absolute atomic E-state index is 6.03. The minimum atomic E-state index is -0.364. The lowest BCUT2D eigenvalue weighted by atomic mass is 9.84. The van der Waals surface area contributed by atoms with E-state index in [9.17, 15) is 0 Å². The van der Waals surface area contributed by atoms with Crippen molar-refractivity contribution in [3.63, 3.8) is 0 Å². The fraction of sp³-hybridized carbons (Fsp3) is 0.500. The summed E-state index contributed by atoms with van der Waals surface area (Å²) >= 11 is 0. The van der Waals surface area contributed by atoms with Crippen LogP contribution in [-0.4, -0.2) is 18.3 Å². The van der Waals surface area contributed by atoms with Crippen LogP contribution < -0.4 is 5.32 Å². The highest BCUT2D eigenvalue weighted by atomic mass is 16.7. The normalized spacial score (nSPS) is 22.4. The molecule has 1 aliphatic rings. The minimum Gasteiger partial charge on any atom is -0.398 e. The Kier molecular flexibility index (Phi) is 5.43. The maximum atomic E-state index is 6.03. The van der Waals surface area contributed by atoms with Gasteiger partial charge < -0.3 is 14.6 Å². The van der Waals surface area contributed by atoms with E-state index in [1.54, 1.807) is 6.08 Å². The average molecular weight is 275 g/mol. The molecule has 1 rings (SSSR count). The van der Waals surface area contributed by atoms with Crippen LogP contribution in [-0.2, 0) is 9.31 Å². The van der Waals surface area contributed by atoms with E-state index in [1.807, 2.05) is 38.2 Å². The predicted molar refractivity (Wildman–Crippen MR) is 86.1 cm³/mol. The van der Waals surface area contributed by atoms with Crippen molar-refractivity contribution in [3.05, 3.63) is 48.3 Å². The molecular weight excluding hydrogens is 249 g/mol. The summed E-state index contributed by atoms with van der Waals surface area (Å²) in [5.74, 6) is 0. The average Bonchev–Trinajstić information content (AvgIpc) is 2.55. The van der Waals surface area contributed by atoms with Gasteiger partial charge in [0.2, 0.25) is 0 Å². The van der Waals surface area contributed by atoms with Crippen molar-refractivity contribution in [2.24, 2.45) is 0 Å². The number of hydrogen-bond acceptors (Lipinski definition) is 3. The Bertz CT molecular complexity index is 431. The summed E-state index contributed by atoms with van der Waals surface area (Å²) in [6.07, 6.45) is 9.53. The zero-order valence-corrected chi connectivity index (χ0v) is 13.5. The quantitative estimate of drug-likeness (QED) is 0.612. The summed E-state index contributed by atoms with van der Waals surface area (Å²) in [6.45, 7) is 15.8. The van der Waals surface area contributed by atoms with Crippen LogP contribution in [0, 0.1) is 0 Å². The smallest absolute Gasteiger partial charge is 0.398 e. The first-order valence-corrected chi connectivity index (χ1v) is 6.98. The minimum absolute atomic E-state index is 0.325. The molecule has 0 unspecified atom stereocenters. The Balaban J connectivity index is 2.78. The van der Waals surface area contributed by atoms with Crippen molar-refractivity contribution in [2.75, 3.05) is 0 Å². The zero-order chi connectivity index (χ0) is 15.4. The van der Waals surface area contributed by atoms with Gasteiger partial charge in [0.05, 0.1) is 11.2 Å². The Morgan fingerprint density at radius 1 is 1.10 bits per heavy atom. The fourth-order valence-electron chi connectivity index (χ4n) is 1.79. The number of rotatable bonds is 5. The molecule has 0 aromatic rings. The standard InChI is InChI=1S/C16H26BNO2/c1-8-10-11-12-13(3)18-14(9-2)17-19-15(4,5)16(6,7)20-17/h8-12,18H,1H2,2-7H3/b11-10-,13-12+,14-9-. The van der Waals surface area contributed by atoms with Gasteiger partial charge in [-0.2, -0.15) is 0 Å². The summed E-state index contributed by atoms with van der Waals surface area (Å²) in [6, 6.07) is 0. The van der Waals surface area contributed by atoms with Gasteiger partial charge in [0.25, 0.3) is 0 Å². The first-order valence-electron chi connectivity index (χ1n) is 6.98. The first kappa shape index (κ1) is 16.8. The molecule has 0 bridgehead atoms. The van der Waals surface area contributed by atoms with E-state index >= 15 is 0 Å². The van der Waals surface area contributed by atoms with Gasteiger partial charge in [0.15, 0.2) is 0 Å². The largest absolute Gasteiger partial charge is 0.511 e. The van der Waals surface area contributed by atoms with Gasteiger partial charge in [-0.25, -0.2) is 0 Å². The van der Waals surface area contributed by atoms with Crippen molar-refractivity contribution in [3.8, 4) is 0 Å². The molecule has 0 saturated carbocycles. The SMILES string of the molecule is C=C/C=C\C=C(/C)N/C(=C\C)B1OC(C)(C)C(C)(C)O1. The Hall–Kier alpha value is -1.26. The Morgan fingerprint density at radius 2 is 1.65 bits per heavy atom. The predicted octanol–water partition coefficient (Wildman–Crippen LogP) is 3.76. The molecule has 0 aliphatic carbocycles. The molecule has 1 fully saturated rings. The summed E-state index contributed by atoms with van der Waals surface area (Å²) in [5, 5.41) is 3.33. The topological polar surface area (TPSA) is 30.5 Å². The van der Waals surface area contributed by atoms with Crippen molar-refractivity contribution in [2.45, 2.75) is 52.7 Å². The molecule has 1 saturated heterocycles. The van der Waals surface area contributed by atoms with Crippen LogP contribution in [0.1, 0.15) is 41.5 Å². The molecule has 0 aromatic heterocycles. The molecule has 110 valence electrons. The highest BCUT2D eigenvalue weighted by Crippen LogP contribution is 2.38. The molecule has 3 nitrogen and oxygen atoms in total. The second-order valence-electron chi connectivity index (χ2n) is 5.93. The molecule has 0 spiro atoms. The van der Waals surface area contributed by atoms with Crippen molar-refractivity contribution in [1.82, 2.24) is 5.32 Å². The second kappa shape index (κ2) is 6.46. The molecule has 4 heteroatoms. The lowest BCUT2D eigenvalue weighted by molar-refractivity contribution is 0.00578. The lowest BCUT2D eigenvalue weighted by Gasteiger charge is -2.32. The van der Waals surface area contributed by atoms with E-state index in [0.717, 1.165) is 11.3 Å². The van der Waals surface area contributed by atoms with Gasteiger partial charge in [-0.1, -0.05) is 30.9 Å². The van der Waals surface area contributed by atoms with Crippen molar-refractivity contribution >= 4 is 7.12 Å². The summed E-state index contributed by atoms with van der Waals surface area (Å²) in [5.41, 5.74) is 1.29. The number of allylic oxidation sites excluding steroid dienone is 6. The van der Waals surface area contributed by atoms with Crippen molar-refractivity contribution in [1.29, 1.82) is 0 Å². The highest BCUT2D eigenvalue weighted by Gasteiger charge is 2.52. The Morgan fingerprint density at radius 3 is 2.10 bits per heavy atom. The van der Waals surface area contributed by atoms with Gasteiger partial charge in [-0.05, 0) is 47.6 Å². The number of nitrogens with one attached hydrogen (secondary N) is 1. The third-order valence-corrected chi connectivity index (χ3v) is 3.75. The van der Waals surface area contributed by atoms with Gasteiger partial charge in [0, 0.05) is 11.3 Å². The molecule has 1 heterocycles. The number of hydrogen-bond donors (Lipinski definition) is 1. The third-order valence-electron chi connectivity index (χ3n) is 3.75. The maximum Gasteiger partial charge on any atom is 0.511 e. The second-order valence-corrected chi connectivity index (χ2v) is 5.93. The van der Waals surface area contributed by atoms with Gasteiger partial charge in [-0.15, -0.1) is 0 Å².